The zero-order valence-corrected chi connectivity index (χ0v) is 18.4. The van der Waals surface area contributed by atoms with Crippen molar-refractivity contribution in [2.75, 3.05) is 31.5 Å². The van der Waals surface area contributed by atoms with Crippen molar-refractivity contribution in [3.05, 3.63) is 77.6 Å². The average Bonchev–Trinajstić information content (AvgIpc) is 3.27. The number of carbonyl (C=O) groups excluding carboxylic acids is 3. The molecule has 1 aliphatic heterocycles. The highest BCUT2D eigenvalue weighted by Gasteiger charge is 2.20. The Hall–Kier alpha value is -3.98. The molecular formula is C24H26N6O3. The van der Waals surface area contributed by atoms with E-state index in [1.807, 2.05) is 47.4 Å². The van der Waals surface area contributed by atoms with Crippen molar-refractivity contribution < 1.29 is 14.4 Å². The largest absolute Gasteiger partial charge is 0.364 e. The number of rotatable bonds is 6. The van der Waals surface area contributed by atoms with E-state index in [4.69, 9.17) is 5.73 Å². The minimum atomic E-state index is -0.668. The van der Waals surface area contributed by atoms with Crippen molar-refractivity contribution in [2.24, 2.45) is 5.73 Å². The molecule has 0 unspecified atom stereocenters. The summed E-state index contributed by atoms with van der Waals surface area (Å²) in [7, 11) is 0. The number of nitrogens with zero attached hydrogens (tertiary/aromatic N) is 4. The van der Waals surface area contributed by atoms with Crippen LogP contribution in [-0.2, 0) is 11.3 Å². The number of aromatic nitrogens is 2. The van der Waals surface area contributed by atoms with Gasteiger partial charge in [0.15, 0.2) is 5.69 Å². The van der Waals surface area contributed by atoms with Crippen molar-refractivity contribution in [3.8, 4) is 5.69 Å². The van der Waals surface area contributed by atoms with E-state index >= 15 is 0 Å². The Morgan fingerprint density at radius 2 is 1.64 bits per heavy atom. The number of anilines is 1. The fourth-order valence-corrected chi connectivity index (χ4v) is 3.80. The molecule has 1 fully saturated rings. The molecule has 0 atom stereocenters. The van der Waals surface area contributed by atoms with Crippen molar-refractivity contribution >= 4 is 23.4 Å². The number of nitrogens with two attached hydrogens (primary N) is 1. The molecule has 0 bridgehead atoms. The first kappa shape index (κ1) is 22.2. The van der Waals surface area contributed by atoms with E-state index in [9.17, 15) is 14.4 Å². The van der Waals surface area contributed by atoms with Gasteiger partial charge in [-0.3, -0.25) is 19.3 Å². The van der Waals surface area contributed by atoms with Gasteiger partial charge in [-0.15, -0.1) is 0 Å². The second-order valence-corrected chi connectivity index (χ2v) is 7.96. The Morgan fingerprint density at radius 1 is 0.970 bits per heavy atom. The molecule has 170 valence electrons. The van der Waals surface area contributed by atoms with Gasteiger partial charge in [-0.1, -0.05) is 30.3 Å². The highest BCUT2D eigenvalue weighted by atomic mass is 16.2. The molecule has 1 saturated heterocycles. The Labute approximate surface area is 191 Å². The highest BCUT2D eigenvalue weighted by molar-refractivity contribution is 6.04. The molecule has 0 aliphatic carbocycles. The lowest BCUT2D eigenvalue weighted by atomic mass is 10.1. The quantitative estimate of drug-likeness (QED) is 0.600. The fraction of sp³-hybridized carbons (Fsp3) is 0.250. The molecule has 3 aromatic rings. The number of hydrogen-bond acceptors (Lipinski definition) is 5. The van der Waals surface area contributed by atoms with Gasteiger partial charge in [0.1, 0.15) is 5.69 Å². The van der Waals surface area contributed by atoms with Crippen LogP contribution >= 0.6 is 0 Å². The van der Waals surface area contributed by atoms with Crippen LogP contribution in [0.3, 0.4) is 0 Å². The first-order valence-electron chi connectivity index (χ1n) is 10.7. The van der Waals surface area contributed by atoms with E-state index < -0.39 is 11.8 Å². The van der Waals surface area contributed by atoms with Crippen LogP contribution in [0.4, 0.5) is 5.69 Å². The summed E-state index contributed by atoms with van der Waals surface area (Å²) >= 11 is 0. The molecule has 1 aromatic heterocycles. The molecule has 33 heavy (non-hydrogen) atoms. The van der Waals surface area contributed by atoms with Crippen LogP contribution in [0.2, 0.25) is 0 Å². The number of primary amides is 1. The zero-order valence-electron chi connectivity index (χ0n) is 18.4. The molecule has 0 radical (unpaired) electrons. The lowest BCUT2D eigenvalue weighted by molar-refractivity contribution is -0.130. The van der Waals surface area contributed by atoms with Gasteiger partial charge in [0.05, 0.1) is 5.69 Å². The minimum absolute atomic E-state index is 0.0973. The molecule has 2 heterocycles. The number of benzene rings is 2. The lowest BCUT2D eigenvalue weighted by Crippen LogP contribution is -2.47. The van der Waals surface area contributed by atoms with Gasteiger partial charge in [0.25, 0.3) is 11.8 Å². The van der Waals surface area contributed by atoms with Crippen molar-refractivity contribution in [3.63, 3.8) is 0 Å². The Kier molecular flexibility index (Phi) is 6.50. The van der Waals surface area contributed by atoms with Gasteiger partial charge < -0.3 is 16.0 Å². The third-order valence-electron chi connectivity index (χ3n) is 5.63. The maximum atomic E-state index is 12.7. The summed E-state index contributed by atoms with van der Waals surface area (Å²) < 4.78 is 1.37. The summed E-state index contributed by atoms with van der Waals surface area (Å²) in [5.74, 6) is -0.981. The molecule has 9 nitrogen and oxygen atoms in total. The predicted molar refractivity (Wildman–Crippen MR) is 124 cm³/mol. The third kappa shape index (κ3) is 5.27. The van der Waals surface area contributed by atoms with Crippen LogP contribution in [0.1, 0.15) is 33.5 Å². The van der Waals surface area contributed by atoms with E-state index in [-0.39, 0.29) is 17.3 Å². The van der Waals surface area contributed by atoms with Crippen LogP contribution in [0.25, 0.3) is 5.69 Å². The first-order chi connectivity index (χ1) is 15.9. The Balaban J connectivity index is 1.40. The van der Waals surface area contributed by atoms with Gasteiger partial charge in [-0.25, -0.2) is 4.68 Å². The Morgan fingerprint density at radius 3 is 2.24 bits per heavy atom. The number of nitrogens with one attached hydrogen (secondary N) is 1. The van der Waals surface area contributed by atoms with Crippen LogP contribution in [0.15, 0.2) is 60.7 Å². The van der Waals surface area contributed by atoms with E-state index in [0.717, 1.165) is 38.3 Å². The summed E-state index contributed by atoms with van der Waals surface area (Å²) in [5, 5.41) is 7.09. The highest BCUT2D eigenvalue weighted by Crippen LogP contribution is 2.16. The van der Waals surface area contributed by atoms with Gasteiger partial charge >= 0.3 is 0 Å². The first-order valence-corrected chi connectivity index (χ1v) is 10.7. The minimum Gasteiger partial charge on any atom is -0.364 e. The molecule has 9 heteroatoms. The molecule has 3 amide bonds. The van der Waals surface area contributed by atoms with Gasteiger partial charge in [0.2, 0.25) is 5.91 Å². The second kappa shape index (κ2) is 9.66. The predicted octanol–water partition coefficient (Wildman–Crippen LogP) is 1.89. The maximum Gasteiger partial charge on any atom is 0.276 e. The van der Waals surface area contributed by atoms with E-state index in [1.54, 1.807) is 19.1 Å². The van der Waals surface area contributed by atoms with Crippen LogP contribution in [0.5, 0.6) is 0 Å². The van der Waals surface area contributed by atoms with Crippen molar-refractivity contribution in [1.29, 1.82) is 0 Å². The van der Waals surface area contributed by atoms with Gasteiger partial charge in [-0.2, -0.15) is 5.10 Å². The number of para-hydroxylation sites is 1. The number of amides is 3. The Bertz CT molecular complexity index is 1150. The summed E-state index contributed by atoms with van der Waals surface area (Å²) in [6, 6.07) is 18.0. The summed E-state index contributed by atoms with van der Waals surface area (Å²) in [5.41, 5.74) is 8.09. The maximum absolute atomic E-state index is 12.7. The SMILES string of the molecule is CC(=O)N1CCN(Cc2ccc(NC(=O)c3cc(C(N)=O)n(-c4ccccc4)n3)cc2)CC1. The van der Waals surface area contributed by atoms with E-state index in [2.05, 4.69) is 15.3 Å². The molecule has 2 aromatic carbocycles. The van der Waals surface area contributed by atoms with Crippen molar-refractivity contribution in [1.82, 2.24) is 19.6 Å². The summed E-state index contributed by atoms with van der Waals surface area (Å²) in [4.78, 5) is 40.2. The van der Waals surface area contributed by atoms with Crippen molar-refractivity contribution in [2.45, 2.75) is 13.5 Å². The van der Waals surface area contributed by atoms with Crippen LogP contribution < -0.4 is 11.1 Å². The van der Waals surface area contributed by atoms with Gasteiger partial charge in [-0.05, 0) is 29.8 Å². The third-order valence-corrected chi connectivity index (χ3v) is 5.63. The number of hydrogen-bond donors (Lipinski definition) is 2. The standard InChI is InChI=1S/C24H26N6O3/c1-17(31)29-13-11-28(12-14-29)16-18-7-9-19(10-8-18)26-24(33)21-15-22(23(25)32)30(27-21)20-5-3-2-4-6-20/h2-10,15H,11-14,16H2,1H3,(H2,25,32)(H,26,33). The molecule has 3 N–H and O–H groups in total. The summed E-state index contributed by atoms with van der Waals surface area (Å²) in [6.45, 7) is 5.54. The van der Waals surface area contributed by atoms with Crippen LogP contribution in [0, 0.1) is 0 Å². The van der Waals surface area contributed by atoms with Crippen LogP contribution in [-0.4, -0.2) is 63.5 Å². The monoisotopic (exact) mass is 446 g/mol. The molecule has 4 rings (SSSR count). The zero-order chi connectivity index (χ0) is 23.4. The number of carbonyl (C=O) groups is 3. The lowest BCUT2D eigenvalue weighted by Gasteiger charge is -2.34. The van der Waals surface area contributed by atoms with E-state index in [1.165, 1.54) is 10.7 Å². The van der Waals surface area contributed by atoms with E-state index in [0.29, 0.717) is 11.4 Å². The molecule has 0 spiro atoms. The fourth-order valence-electron chi connectivity index (χ4n) is 3.80. The average molecular weight is 447 g/mol. The number of piperazine rings is 1. The normalized spacial score (nSPS) is 14.2. The second-order valence-electron chi connectivity index (χ2n) is 7.96. The smallest absolute Gasteiger partial charge is 0.276 e. The molecular weight excluding hydrogens is 420 g/mol. The molecule has 1 aliphatic rings. The topological polar surface area (TPSA) is 114 Å². The summed E-state index contributed by atoms with van der Waals surface area (Å²) in [6.07, 6.45) is 0. The van der Waals surface area contributed by atoms with Gasteiger partial charge in [0, 0.05) is 51.4 Å². The molecule has 0 saturated carbocycles.